The fraction of sp³-hybridized carbons (Fsp3) is 0. The van der Waals surface area contributed by atoms with Crippen LogP contribution in [0.3, 0.4) is 0 Å². The van der Waals surface area contributed by atoms with Crippen LogP contribution in [-0.4, -0.2) is 14.6 Å². The standard InChI is InChI=1S/C52H31N3O/c1-3-11-36-27-38(23-17-32(36)9-1)40-25-26-49-46(29-40)47-31-41(39-24-18-33-10-2-4-12-37(33)28-39)30-45(50(47)56-49)34-19-21-35(22-20-34)51-53-54-52-44-15-6-5-13-42(44)43-14-7-8-16-48(43)55(51)52/h1-31H. The van der Waals surface area contributed by atoms with Crippen LogP contribution >= 0.6 is 0 Å². The highest BCUT2D eigenvalue weighted by molar-refractivity contribution is 6.14. The van der Waals surface area contributed by atoms with Gasteiger partial charge in [-0.3, -0.25) is 4.40 Å². The van der Waals surface area contributed by atoms with E-state index in [1.807, 2.05) is 0 Å². The molecule has 4 heteroatoms. The molecule has 0 saturated heterocycles. The highest BCUT2D eigenvalue weighted by Crippen LogP contribution is 2.42. The Kier molecular flexibility index (Phi) is 6.60. The Morgan fingerprint density at radius 1 is 0.357 bits per heavy atom. The minimum atomic E-state index is 0.813. The Bertz CT molecular complexity index is 3540. The molecule has 3 heterocycles. The van der Waals surface area contributed by atoms with Gasteiger partial charge in [-0.1, -0.05) is 146 Å². The summed E-state index contributed by atoms with van der Waals surface area (Å²) in [6.45, 7) is 0. The van der Waals surface area contributed by atoms with Gasteiger partial charge in [-0.15, -0.1) is 10.2 Å². The van der Waals surface area contributed by atoms with E-state index in [0.717, 1.165) is 77.7 Å². The predicted octanol–water partition coefficient (Wildman–Crippen LogP) is 13.9. The van der Waals surface area contributed by atoms with E-state index < -0.39 is 0 Å². The summed E-state index contributed by atoms with van der Waals surface area (Å²) in [6.07, 6.45) is 0. The number of hydrogen-bond acceptors (Lipinski definition) is 3. The van der Waals surface area contributed by atoms with E-state index in [2.05, 4.69) is 192 Å². The number of aromatic nitrogens is 3. The van der Waals surface area contributed by atoms with Crippen molar-refractivity contribution in [3.63, 3.8) is 0 Å². The normalized spacial score (nSPS) is 11.9. The molecule has 4 nitrogen and oxygen atoms in total. The first-order chi connectivity index (χ1) is 27.7. The molecule has 0 fully saturated rings. The van der Waals surface area contributed by atoms with E-state index in [4.69, 9.17) is 14.6 Å². The monoisotopic (exact) mass is 713 g/mol. The maximum atomic E-state index is 6.78. The van der Waals surface area contributed by atoms with Gasteiger partial charge in [0.05, 0.1) is 5.52 Å². The molecule has 0 radical (unpaired) electrons. The first-order valence-electron chi connectivity index (χ1n) is 19.0. The largest absolute Gasteiger partial charge is 0.455 e. The van der Waals surface area contributed by atoms with E-state index in [9.17, 15) is 0 Å². The fourth-order valence-electron chi connectivity index (χ4n) is 8.66. The molecule has 56 heavy (non-hydrogen) atoms. The third kappa shape index (κ3) is 4.73. The molecule has 3 aromatic heterocycles. The Hall–Kier alpha value is -7.56. The molecule has 12 rings (SSSR count). The third-order valence-corrected chi connectivity index (χ3v) is 11.5. The van der Waals surface area contributed by atoms with Crippen LogP contribution in [0.15, 0.2) is 192 Å². The second kappa shape index (κ2) is 12.0. The van der Waals surface area contributed by atoms with Crippen LogP contribution in [0, 0.1) is 0 Å². The fourth-order valence-corrected chi connectivity index (χ4v) is 8.66. The molecular weight excluding hydrogens is 683 g/mol. The lowest BCUT2D eigenvalue weighted by Gasteiger charge is -2.11. The average Bonchev–Trinajstić information content (AvgIpc) is 3.88. The minimum absolute atomic E-state index is 0.813. The van der Waals surface area contributed by atoms with Crippen LogP contribution in [0.4, 0.5) is 0 Å². The lowest BCUT2D eigenvalue weighted by Crippen LogP contribution is -1.94. The van der Waals surface area contributed by atoms with E-state index in [1.54, 1.807) is 0 Å². The zero-order chi connectivity index (χ0) is 36.7. The van der Waals surface area contributed by atoms with Gasteiger partial charge in [0.2, 0.25) is 0 Å². The number of pyridine rings is 1. The van der Waals surface area contributed by atoms with Crippen molar-refractivity contribution in [2.45, 2.75) is 0 Å². The van der Waals surface area contributed by atoms with Crippen LogP contribution in [0.1, 0.15) is 0 Å². The quantitative estimate of drug-likeness (QED) is 0.171. The Labute approximate surface area is 321 Å². The van der Waals surface area contributed by atoms with Gasteiger partial charge in [0.15, 0.2) is 11.5 Å². The molecule has 0 aliphatic heterocycles. The van der Waals surface area contributed by atoms with Crippen LogP contribution in [0.25, 0.3) is 116 Å². The van der Waals surface area contributed by atoms with Crippen molar-refractivity contribution in [3.05, 3.63) is 188 Å². The molecule has 12 aromatic rings. The molecule has 0 amide bonds. The first kappa shape index (κ1) is 30.9. The molecule has 0 aliphatic rings. The zero-order valence-corrected chi connectivity index (χ0v) is 30.1. The zero-order valence-electron chi connectivity index (χ0n) is 30.1. The second-order valence-corrected chi connectivity index (χ2v) is 14.7. The molecule has 0 bridgehead atoms. The number of nitrogens with zero attached hydrogens (tertiary/aromatic N) is 3. The van der Waals surface area contributed by atoms with Gasteiger partial charge in [0.25, 0.3) is 0 Å². The second-order valence-electron chi connectivity index (χ2n) is 14.7. The van der Waals surface area contributed by atoms with E-state index in [1.165, 1.54) is 37.9 Å². The van der Waals surface area contributed by atoms with Crippen molar-refractivity contribution in [2.75, 3.05) is 0 Å². The number of para-hydroxylation sites is 1. The lowest BCUT2D eigenvalue weighted by atomic mass is 9.93. The van der Waals surface area contributed by atoms with Crippen LogP contribution in [-0.2, 0) is 0 Å². The lowest BCUT2D eigenvalue weighted by molar-refractivity contribution is 0.670. The van der Waals surface area contributed by atoms with Crippen molar-refractivity contribution >= 4 is 70.8 Å². The summed E-state index contributed by atoms with van der Waals surface area (Å²) in [6, 6.07) is 67.2. The Morgan fingerprint density at radius 2 is 0.911 bits per heavy atom. The van der Waals surface area contributed by atoms with E-state index in [0.29, 0.717) is 0 Å². The number of fused-ring (bicyclic) bond motifs is 11. The van der Waals surface area contributed by atoms with Gasteiger partial charge in [-0.05, 0) is 97.2 Å². The smallest absolute Gasteiger partial charge is 0.169 e. The summed E-state index contributed by atoms with van der Waals surface area (Å²) >= 11 is 0. The SMILES string of the molecule is c1ccc2cc(-c3ccc4oc5c(-c6ccc(-c7nnc8c9ccccc9c9ccccc9n78)cc6)cc(-c6ccc7ccccc7c6)cc5c4c3)ccc2c1. The average molecular weight is 714 g/mol. The summed E-state index contributed by atoms with van der Waals surface area (Å²) in [5.74, 6) is 0.813. The Morgan fingerprint density at radius 3 is 1.66 bits per heavy atom. The van der Waals surface area contributed by atoms with Gasteiger partial charge in [0.1, 0.15) is 11.2 Å². The summed E-state index contributed by atoms with van der Waals surface area (Å²) in [7, 11) is 0. The maximum absolute atomic E-state index is 6.78. The molecule has 0 unspecified atom stereocenters. The number of benzene rings is 9. The number of rotatable bonds is 4. The van der Waals surface area contributed by atoms with Crippen LogP contribution in [0.5, 0.6) is 0 Å². The summed E-state index contributed by atoms with van der Waals surface area (Å²) in [5.41, 5.74) is 11.4. The van der Waals surface area contributed by atoms with Gasteiger partial charge in [0, 0.05) is 32.7 Å². The molecule has 0 saturated carbocycles. The number of hydrogen-bond donors (Lipinski definition) is 0. The van der Waals surface area contributed by atoms with Crippen molar-refractivity contribution in [1.82, 2.24) is 14.6 Å². The molecule has 0 aliphatic carbocycles. The van der Waals surface area contributed by atoms with Crippen LogP contribution in [0.2, 0.25) is 0 Å². The highest BCUT2D eigenvalue weighted by atomic mass is 16.3. The predicted molar refractivity (Wildman–Crippen MR) is 232 cm³/mol. The molecule has 0 atom stereocenters. The summed E-state index contributed by atoms with van der Waals surface area (Å²) in [5, 5.41) is 20.0. The Balaban J connectivity index is 1.04. The summed E-state index contributed by atoms with van der Waals surface area (Å²) < 4.78 is 8.98. The molecular formula is C52H31N3O. The number of furan rings is 1. The van der Waals surface area contributed by atoms with Gasteiger partial charge in [-0.25, -0.2) is 0 Å². The van der Waals surface area contributed by atoms with Crippen molar-refractivity contribution in [1.29, 1.82) is 0 Å². The maximum Gasteiger partial charge on any atom is 0.169 e. The van der Waals surface area contributed by atoms with Gasteiger partial charge >= 0.3 is 0 Å². The molecule has 260 valence electrons. The third-order valence-electron chi connectivity index (χ3n) is 11.5. The van der Waals surface area contributed by atoms with Gasteiger partial charge < -0.3 is 4.42 Å². The highest BCUT2D eigenvalue weighted by Gasteiger charge is 2.19. The molecule has 9 aromatic carbocycles. The van der Waals surface area contributed by atoms with Crippen molar-refractivity contribution in [2.24, 2.45) is 0 Å². The first-order valence-corrected chi connectivity index (χ1v) is 19.0. The van der Waals surface area contributed by atoms with Crippen molar-refractivity contribution < 1.29 is 4.42 Å². The van der Waals surface area contributed by atoms with Gasteiger partial charge in [-0.2, -0.15) is 0 Å². The molecule has 0 spiro atoms. The minimum Gasteiger partial charge on any atom is -0.455 e. The van der Waals surface area contributed by atoms with E-state index >= 15 is 0 Å². The van der Waals surface area contributed by atoms with E-state index in [-0.39, 0.29) is 0 Å². The topological polar surface area (TPSA) is 43.3 Å². The molecule has 0 N–H and O–H groups in total. The summed E-state index contributed by atoms with van der Waals surface area (Å²) in [4.78, 5) is 0. The van der Waals surface area contributed by atoms with Crippen LogP contribution < -0.4 is 0 Å². The van der Waals surface area contributed by atoms with Crippen molar-refractivity contribution in [3.8, 4) is 44.8 Å².